The Labute approximate surface area is 234 Å². The number of thiazole rings is 1. The molecule has 0 radical (unpaired) electrons. The summed E-state index contributed by atoms with van der Waals surface area (Å²) in [6.07, 6.45) is -1.09. The van der Waals surface area contributed by atoms with Crippen LogP contribution in [0.5, 0.6) is 0 Å². The van der Waals surface area contributed by atoms with Crippen LogP contribution >= 0.6 is 46.4 Å². The van der Waals surface area contributed by atoms with Crippen molar-refractivity contribution in [3.8, 4) is 0 Å². The van der Waals surface area contributed by atoms with E-state index in [2.05, 4.69) is 24.8 Å². The maximum atomic E-state index is 13.4. The van der Waals surface area contributed by atoms with Crippen molar-refractivity contribution in [2.24, 2.45) is 10.6 Å². The third kappa shape index (κ3) is 6.10. The van der Waals surface area contributed by atoms with Crippen LogP contribution in [0.15, 0.2) is 20.4 Å². The van der Waals surface area contributed by atoms with E-state index in [1.807, 2.05) is 0 Å². The zero-order valence-electron chi connectivity index (χ0n) is 20.7. The van der Waals surface area contributed by atoms with Crippen molar-refractivity contribution >= 4 is 75.9 Å². The Bertz CT molecular complexity index is 1240. The van der Waals surface area contributed by atoms with E-state index in [9.17, 15) is 19.2 Å². The van der Waals surface area contributed by atoms with Crippen molar-refractivity contribution in [1.29, 1.82) is 0 Å². The molecule has 2 fully saturated rings. The van der Waals surface area contributed by atoms with Gasteiger partial charge in [0, 0.05) is 37.3 Å². The summed E-state index contributed by atoms with van der Waals surface area (Å²) in [4.78, 5) is 65.4. The summed E-state index contributed by atoms with van der Waals surface area (Å²) in [5.41, 5.74) is 0.750. The first kappa shape index (κ1) is 28.3. The average molecular weight is 601 g/mol. The Morgan fingerprint density at radius 2 is 2.16 bits per heavy atom. The Morgan fingerprint density at radius 1 is 1.37 bits per heavy atom. The van der Waals surface area contributed by atoms with Crippen LogP contribution in [0, 0.1) is 12.3 Å². The SMILES string of the molecule is CON=C(C(=O)NC1C(=O)N2CC(CSc3nc(C)ns3)(C(=O)OC(C)OC(C)=O)CS[C@H]12)c1cscn1. The zero-order chi connectivity index (χ0) is 27.4. The van der Waals surface area contributed by atoms with E-state index < -0.39 is 35.6 Å². The molecule has 2 amide bonds. The van der Waals surface area contributed by atoms with Gasteiger partial charge in [-0.15, -0.1) is 23.1 Å². The minimum Gasteiger partial charge on any atom is -0.426 e. The van der Waals surface area contributed by atoms with Crippen LogP contribution < -0.4 is 5.32 Å². The first-order valence-corrected chi connectivity index (χ1v) is 14.9. The van der Waals surface area contributed by atoms with Gasteiger partial charge in [-0.25, -0.2) is 9.97 Å². The lowest BCUT2D eigenvalue weighted by atomic mass is 9.89. The molecule has 2 saturated heterocycles. The molecule has 0 aromatic carbocycles. The first-order valence-electron chi connectivity index (χ1n) is 11.2. The molecule has 0 aliphatic carbocycles. The van der Waals surface area contributed by atoms with E-state index >= 15 is 0 Å². The molecule has 1 N–H and O–H groups in total. The van der Waals surface area contributed by atoms with Crippen molar-refractivity contribution in [3.63, 3.8) is 0 Å². The lowest BCUT2D eigenvalue weighted by Gasteiger charge is -2.54. The number of amides is 2. The second kappa shape index (κ2) is 12.0. The number of aromatic nitrogens is 3. The fourth-order valence-electron chi connectivity index (χ4n) is 3.80. The van der Waals surface area contributed by atoms with Gasteiger partial charge in [-0.1, -0.05) is 16.9 Å². The minimum atomic E-state index is -1.10. The summed E-state index contributed by atoms with van der Waals surface area (Å²) in [5, 5.41) is 7.75. The number of carbonyl (C=O) groups excluding carboxylic acids is 4. The van der Waals surface area contributed by atoms with Crippen LogP contribution in [0.3, 0.4) is 0 Å². The van der Waals surface area contributed by atoms with Gasteiger partial charge in [0.25, 0.3) is 5.91 Å². The molecule has 0 saturated carbocycles. The molecule has 17 heteroatoms. The standard InChI is InChI=1S/C21H24N6O7S4/c1-10-23-20(38-26-10)37-8-21(19(31)34-12(3)33-11(2)28)6-27-17(30)15(18(27)36-7-21)24-16(29)14(25-32-4)13-5-35-9-22-13/h5,9,12,15,18H,6-8H2,1-4H3,(H,24,29)/t12?,15?,18-,21?/m1/s1. The van der Waals surface area contributed by atoms with Crippen LogP contribution in [-0.2, 0) is 33.5 Å². The fourth-order valence-corrected chi connectivity index (χ4v) is 7.84. The Morgan fingerprint density at radius 3 is 2.79 bits per heavy atom. The number of fused-ring (bicyclic) bond motifs is 1. The molecule has 2 aliphatic heterocycles. The number of hydrogen-bond acceptors (Lipinski definition) is 15. The molecule has 204 valence electrons. The molecule has 4 heterocycles. The molecular weight excluding hydrogens is 577 g/mol. The first-order chi connectivity index (χ1) is 18.1. The number of nitrogens with one attached hydrogen (secondary N) is 1. The number of hydrogen-bond donors (Lipinski definition) is 1. The smallest absolute Gasteiger partial charge is 0.318 e. The molecule has 2 aromatic heterocycles. The Balaban J connectivity index is 1.47. The highest BCUT2D eigenvalue weighted by atomic mass is 32.2. The summed E-state index contributed by atoms with van der Waals surface area (Å²) < 4.78 is 15.3. The van der Waals surface area contributed by atoms with Crippen LogP contribution in [0.1, 0.15) is 25.4 Å². The Kier molecular flexibility index (Phi) is 8.89. The van der Waals surface area contributed by atoms with Gasteiger partial charge in [0.05, 0.1) is 5.51 Å². The largest absolute Gasteiger partial charge is 0.426 e. The van der Waals surface area contributed by atoms with Crippen LogP contribution in [-0.4, -0.2) is 91.6 Å². The number of thioether (sulfide) groups is 2. The van der Waals surface area contributed by atoms with Crippen LogP contribution in [0.2, 0.25) is 0 Å². The third-order valence-electron chi connectivity index (χ3n) is 5.52. The topological polar surface area (TPSA) is 162 Å². The molecule has 13 nitrogen and oxygen atoms in total. The highest BCUT2D eigenvalue weighted by molar-refractivity contribution is 8.01. The van der Waals surface area contributed by atoms with E-state index in [4.69, 9.17) is 14.3 Å². The zero-order valence-corrected chi connectivity index (χ0v) is 24.0. The second-order valence-corrected chi connectivity index (χ2v) is 12.2. The van der Waals surface area contributed by atoms with E-state index in [1.54, 1.807) is 22.7 Å². The highest BCUT2D eigenvalue weighted by Gasteiger charge is 2.58. The number of β-lactam (4-membered cyclic amide) rings is 1. The van der Waals surface area contributed by atoms with Crippen molar-refractivity contribution in [1.82, 2.24) is 24.6 Å². The van der Waals surface area contributed by atoms with Gasteiger partial charge in [0.1, 0.15) is 35.5 Å². The molecule has 4 rings (SSSR count). The van der Waals surface area contributed by atoms with E-state index in [0.29, 0.717) is 21.6 Å². The van der Waals surface area contributed by atoms with Crippen LogP contribution in [0.25, 0.3) is 0 Å². The maximum Gasteiger partial charge on any atom is 0.318 e. The Hall–Kier alpha value is -2.76. The normalized spacial score (nSPS) is 23.6. The monoisotopic (exact) mass is 600 g/mol. The van der Waals surface area contributed by atoms with Crippen LogP contribution in [0.4, 0.5) is 0 Å². The molecule has 0 bridgehead atoms. The minimum absolute atomic E-state index is 0.0399. The van der Waals surface area contributed by atoms with Crippen molar-refractivity contribution < 1.29 is 33.5 Å². The van der Waals surface area contributed by atoms with Gasteiger partial charge < -0.3 is 24.5 Å². The second-order valence-electron chi connectivity index (χ2n) is 8.37. The number of rotatable bonds is 10. The molecule has 4 atom stereocenters. The lowest BCUT2D eigenvalue weighted by molar-refractivity contribution is -0.191. The predicted molar refractivity (Wildman–Crippen MR) is 141 cm³/mol. The average Bonchev–Trinajstić information content (AvgIpc) is 3.55. The predicted octanol–water partition coefficient (Wildman–Crippen LogP) is 1.28. The van der Waals surface area contributed by atoms with Gasteiger partial charge in [-0.05, 0) is 18.5 Å². The molecule has 38 heavy (non-hydrogen) atoms. The van der Waals surface area contributed by atoms with Crippen molar-refractivity contribution in [2.75, 3.05) is 25.2 Å². The summed E-state index contributed by atoms with van der Waals surface area (Å²) in [7, 11) is 1.31. The number of oxime groups is 1. The number of aryl methyl sites for hydroxylation is 1. The van der Waals surface area contributed by atoms with Gasteiger partial charge in [0.15, 0.2) is 10.1 Å². The summed E-state index contributed by atoms with van der Waals surface area (Å²) in [5.74, 6) is -0.915. The molecular formula is C21H24N6O7S4. The number of ether oxygens (including phenoxy) is 2. The number of nitrogens with zero attached hydrogens (tertiary/aromatic N) is 5. The van der Waals surface area contributed by atoms with Gasteiger partial charge in [0.2, 0.25) is 12.2 Å². The molecule has 0 spiro atoms. The van der Waals surface area contributed by atoms with E-state index in [0.717, 1.165) is 0 Å². The third-order valence-corrected chi connectivity index (χ3v) is 9.91. The van der Waals surface area contributed by atoms with Gasteiger partial charge >= 0.3 is 11.9 Å². The van der Waals surface area contributed by atoms with E-state index in [1.165, 1.54) is 67.4 Å². The van der Waals surface area contributed by atoms with Gasteiger partial charge in [-0.2, -0.15) is 4.37 Å². The highest BCUT2D eigenvalue weighted by Crippen LogP contribution is 2.45. The summed E-state index contributed by atoms with van der Waals surface area (Å²) >= 11 is 5.21. The summed E-state index contributed by atoms with van der Waals surface area (Å²) in [6, 6.07) is -0.805. The molecule has 2 aliphatic rings. The quantitative estimate of drug-likeness (QED) is 0.104. The molecule has 2 aromatic rings. The number of carbonyl (C=O) groups is 4. The molecule has 3 unspecified atom stereocenters. The number of esters is 2. The lowest BCUT2D eigenvalue weighted by Crippen LogP contribution is -2.74. The fraction of sp³-hybridized carbons (Fsp3) is 0.524. The van der Waals surface area contributed by atoms with Gasteiger partial charge in [-0.3, -0.25) is 19.2 Å². The van der Waals surface area contributed by atoms with E-state index in [-0.39, 0.29) is 29.3 Å². The maximum absolute atomic E-state index is 13.4. The van der Waals surface area contributed by atoms with Crippen molar-refractivity contribution in [3.05, 3.63) is 22.4 Å². The van der Waals surface area contributed by atoms with Crippen molar-refractivity contribution in [2.45, 2.75) is 42.8 Å². The summed E-state index contributed by atoms with van der Waals surface area (Å²) in [6.45, 7) is 4.52.